The second-order valence-electron chi connectivity index (χ2n) is 8.08. The van der Waals surface area contributed by atoms with E-state index in [1.807, 2.05) is 31.2 Å². The zero-order chi connectivity index (χ0) is 21.3. The van der Waals surface area contributed by atoms with Gasteiger partial charge >= 0.3 is 0 Å². The molecular weight excluding hydrogens is 400 g/mol. The maximum atomic E-state index is 13.0. The van der Waals surface area contributed by atoms with Crippen LogP contribution in [-0.4, -0.2) is 33.7 Å². The second kappa shape index (κ2) is 8.30. The van der Waals surface area contributed by atoms with Gasteiger partial charge in [0, 0.05) is 12.1 Å². The number of amides is 1. The summed E-state index contributed by atoms with van der Waals surface area (Å²) in [6, 6.07) is 11.2. The number of anilines is 1. The first-order valence-electron chi connectivity index (χ1n) is 10.5. The van der Waals surface area contributed by atoms with E-state index in [2.05, 4.69) is 5.32 Å². The fraction of sp³-hybridized carbons (Fsp3) is 0.435. The number of benzene rings is 2. The minimum Gasteiger partial charge on any atom is -0.497 e. The molecule has 0 bridgehead atoms. The molecule has 6 nitrogen and oxygen atoms in total. The van der Waals surface area contributed by atoms with Gasteiger partial charge in [-0.15, -0.1) is 0 Å². The van der Waals surface area contributed by atoms with Gasteiger partial charge in [-0.05, 0) is 80.0 Å². The van der Waals surface area contributed by atoms with Crippen LogP contribution in [0.5, 0.6) is 5.75 Å². The van der Waals surface area contributed by atoms with Crippen LogP contribution in [0.15, 0.2) is 36.4 Å². The molecule has 4 rings (SSSR count). The summed E-state index contributed by atoms with van der Waals surface area (Å²) in [5.41, 5.74) is 4.27. The van der Waals surface area contributed by atoms with Gasteiger partial charge in [0.2, 0.25) is 10.0 Å². The number of rotatable bonds is 4. The van der Waals surface area contributed by atoms with Crippen molar-refractivity contribution >= 4 is 21.6 Å². The molecule has 2 aromatic carbocycles. The van der Waals surface area contributed by atoms with Crippen LogP contribution in [0.1, 0.15) is 58.8 Å². The Morgan fingerprint density at radius 1 is 1.13 bits per heavy atom. The van der Waals surface area contributed by atoms with Crippen molar-refractivity contribution in [3.05, 3.63) is 58.7 Å². The molecule has 160 valence electrons. The molecule has 0 aromatic heterocycles. The number of hydrogen-bond acceptors (Lipinski definition) is 4. The summed E-state index contributed by atoms with van der Waals surface area (Å²) < 4.78 is 31.9. The van der Waals surface area contributed by atoms with E-state index >= 15 is 0 Å². The average molecular weight is 429 g/mol. The van der Waals surface area contributed by atoms with Crippen molar-refractivity contribution in [1.29, 1.82) is 0 Å². The molecule has 1 fully saturated rings. The van der Waals surface area contributed by atoms with Gasteiger partial charge in [0.25, 0.3) is 5.91 Å². The maximum absolute atomic E-state index is 13.0. The van der Waals surface area contributed by atoms with Crippen molar-refractivity contribution in [2.75, 3.05) is 23.7 Å². The van der Waals surface area contributed by atoms with Crippen molar-refractivity contribution in [2.45, 2.75) is 45.1 Å². The van der Waals surface area contributed by atoms with E-state index < -0.39 is 10.0 Å². The molecule has 1 saturated heterocycles. The lowest BCUT2D eigenvalue weighted by Crippen LogP contribution is -2.38. The lowest BCUT2D eigenvalue weighted by atomic mass is 9.87. The Morgan fingerprint density at radius 3 is 2.73 bits per heavy atom. The third kappa shape index (κ3) is 4.03. The molecule has 2 aromatic rings. The van der Waals surface area contributed by atoms with Gasteiger partial charge in [-0.2, -0.15) is 0 Å². The Bertz CT molecular complexity index is 1060. The Morgan fingerprint density at radius 2 is 1.97 bits per heavy atom. The van der Waals surface area contributed by atoms with Crippen LogP contribution in [0.25, 0.3) is 0 Å². The predicted molar refractivity (Wildman–Crippen MR) is 118 cm³/mol. The number of aryl methyl sites for hydroxylation is 2. The van der Waals surface area contributed by atoms with E-state index in [0.717, 1.165) is 42.6 Å². The Balaban J connectivity index is 1.58. The number of nitrogens with one attached hydrogen (secondary N) is 1. The van der Waals surface area contributed by atoms with Crippen LogP contribution in [0.4, 0.5) is 5.69 Å². The summed E-state index contributed by atoms with van der Waals surface area (Å²) in [5, 5.41) is 3.15. The zero-order valence-electron chi connectivity index (χ0n) is 17.5. The zero-order valence-corrected chi connectivity index (χ0v) is 18.3. The largest absolute Gasteiger partial charge is 0.497 e. The lowest BCUT2D eigenvalue weighted by Gasteiger charge is -2.30. The summed E-state index contributed by atoms with van der Waals surface area (Å²) in [5.74, 6) is 0.802. The molecule has 0 radical (unpaired) electrons. The van der Waals surface area contributed by atoms with Crippen LogP contribution in [0.2, 0.25) is 0 Å². The first-order chi connectivity index (χ1) is 14.4. The number of fused-ring (bicyclic) bond motifs is 1. The Labute approximate surface area is 178 Å². The van der Waals surface area contributed by atoms with E-state index in [-0.39, 0.29) is 17.7 Å². The van der Waals surface area contributed by atoms with E-state index in [1.165, 1.54) is 9.87 Å². The molecule has 1 amide bonds. The first-order valence-corrected chi connectivity index (χ1v) is 12.1. The van der Waals surface area contributed by atoms with E-state index in [0.29, 0.717) is 24.2 Å². The fourth-order valence-electron chi connectivity index (χ4n) is 4.39. The van der Waals surface area contributed by atoms with Crippen LogP contribution >= 0.6 is 0 Å². The summed E-state index contributed by atoms with van der Waals surface area (Å²) in [7, 11) is -1.67. The minimum atomic E-state index is -3.33. The highest BCUT2D eigenvalue weighted by Gasteiger charge is 2.28. The number of methoxy groups -OCH3 is 1. The number of ether oxygens (including phenoxy) is 1. The van der Waals surface area contributed by atoms with Crippen molar-refractivity contribution in [1.82, 2.24) is 5.32 Å². The second-order valence-corrected chi connectivity index (χ2v) is 10.1. The lowest BCUT2D eigenvalue weighted by molar-refractivity contribution is 0.0932. The third-order valence-corrected chi connectivity index (χ3v) is 7.91. The SMILES string of the molecule is COc1ccc2c(c1)CCCC2NC(=O)c1ccc(C)c(N2CCCCS2(=O)=O)c1. The Hall–Kier alpha value is -2.54. The number of nitrogens with zero attached hydrogens (tertiary/aromatic N) is 1. The van der Waals surface area contributed by atoms with Crippen molar-refractivity contribution in [3.8, 4) is 5.75 Å². The van der Waals surface area contributed by atoms with E-state index in [9.17, 15) is 13.2 Å². The van der Waals surface area contributed by atoms with Gasteiger partial charge in [0.1, 0.15) is 5.75 Å². The van der Waals surface area contributed by atoms with E-state index in [1.54, 1.807) is 19.2 Å². The monoisotopic (exact) mass is 428 g/mol. The standard InChI is InChI=1S/C23H28N2O4S/c1-16-8-9-18(15-22(16)25-12-3-4-13-30(25,27)28)23(26)24-21-7-5-6-17-14-19(29-2)10-11-20(17)21/h8-11,14-15,21H,3-7,12-13H2,1-2H3,(H,24,26). The predicted octanol–water partition coefficient (Wildman–Crippen LogP) is 3.74. The summed E-state index contributed by atoms with van der Waals surface area (Å²) in [6.45, 7) is 2.35. The van der Waals surface area contributed by atoms with Crippen molar-refractivity contribution in [2.24, 2.45) is 0 Å². The maximum Gasteiger partial charge on any atom is 0.251 e. The highest BCUT2D eigenvalue weighted by atomic mass is 32.2. The third-order valence-electron chi connectivity index (χ3n) is 6.06. The van der Waals surface area contributed by atoms with Gasteiger partial charge in [-0.3, -0.25) is 9.10 Å². The van der Waals surface area contributed by atoms with Crippen molar-refractivity contribution < 1.29 is 17.9 Å². The van der Waals surface area contributed by atoms with E-state index in [4.69, 9.17) is 4.74 Å². The highest BCUT2D eigenvalue weighted by Crippen LogP contribution is 2.33. The Kier molecular flexibility index (Phi) is 5.73. The average Bonchev–Trinajstić information content (AvgIpc) is 2.74. The molecule has 30 heavy (non-hydrogen) atoms. The van der Waals surface area contributed by atoms with Crippen LogP contribution in [0, 0.1) is 6.92 Å². The van der Waals surface area contributed by atoms with Crippen LogP contribution in [0.3, 0.4) is 0 Å². The molecule has 1 unspecified atom stereocenters. The summed E-state index contributed by atoms with van der Waals surface area (Å²) >= 11 is 0. The molecule has 0 spiro atoms. The number of hydrogen-bond donors (Lipinski definition) is 1. The number of carbonyl (C=O) groups excluding carboxylic acids is 1. The normalized spacial score (nSPS) is 20.3. The molecule has 1 aliphatic carbocycles. The highest BCUT2D eigenvalue weighted by molar-refractivity contribution is 7.92. The van der Waals surface area contributed by atoms with Crippen LogP contribution in [-0.2, 0) is 16.4 Å². The molecular formula is C23H28N2O4S. The van der Waals surface area contributed by atoms with Gasteiger partial charge in [-0.1, -0.05) is 12.1 Å². The van der Waals surface area contributed by atoms with Gasteiger partial charge in [-0.25, -0.2) is 8.42 Å². The summed E-state index contributed by atoms with van der Waals surface area (Å²) in [4.78, 5) is 13.0. The molecule has 1 heterocycles. The molecule has 2 aliphatic rings. The fourth-order valence-corrected chi connectivity index (χ4v) is 6.08. The van der Waals surface area contributed by atoms with Gasteiger partial charge in [0.05, 0.1) is 24.6 Å². The molecule has 0 saturated carbocycles. The smallest absolute Gasteiger partial charge is 0.251 e. The minimum absolute atomic E-state index is 0.0596. The molecule has 1 N–H and O–H groups in total. The summed E-state index contributed by atoms with van der Waals surface area (Å²) in [6.07, 6.45) is 4.36. The van der Waals surface area contributed by atoms with Crippen LogP contribution < -0.4 is 14.4 Å². The topological polar surface area (TPSA) is 75.7 Å². The quantitative estimate of drug-likeness (QED) is 0.805. The van der Waals surface area contributed by atoms with Gasteiger partial charge < -0.3 is 10.1 Å². The number of carbonyl (C=O) groups is 1. The van der Waals surface area contributed by atoms with Crippen molar-refractivity contribution in [3.63, 3.8) is 0 Å². The number of sulfonamides is 1. The molecule has 1 atom stereocenters. The molecule has 7 heteroatoms. The van der Waals surface area contributed by atoms with Gasteiger partial charge in [0.15, 0.2) is 0 Å². The molecule has 1 aliphatic heterocycles. The first kappa shape index (κ1) is 20.7.